The smallest absolute Gasteiger partial charge is 0.126 e. The van der Waals surface area contributed by atoms with E-state index in [4.69, 9.17) is 11.1 Å². The Morgan fingerprint density at radius 2 is 1.93 bits per heavy atom. The molecule has 1 aliphatic heterocycles. The van der Waals surface area contributed by atoms with Crippen molar-refractivity contribution in [3.8, 4) is 0 Å². The van der Waals surface area contributed by atoms with Gasteiger partial charge >= 0.3 is 0 Å². The molecule has 0 aromatic heterocycles. The minimum atomic E-state index is 0.297. The van der Waals surface area contributed by atoms with Crippen LogP contribution >= 0.6 is 0 Å². The Hall–Kier alpha value is -0.860. The maximum absolute atomic E-state index is 7.84. The van der Waals surface area contributed by atoms with Crippen molar-refractivity contribution in [2.75, 3.05) is 0 Å². The number of aliphatic imine (C=N–C) groups is 1. The number of hydrogen-bond acceptors (Lipinski definition) is 2. The highest BCUT2D eigenvalue weighted by Crippen LogP contribution is 2.37. The molecule has 1 aliphatic carbocycles. The highest BCUT2D eigenvalue weighted by molar-refractivity contribution is 6.04. The molecule has 3 N–H and O–H groups in total. The number of hydrogen-bond donors (Lipinski definition) is 2. The predicted octanol–water partition coefficient (Wildman–Crippen LogP) is 2.17. The van der Waals surface area contributed by atoms with Crippen molar-refractivity contribution < 1.29 is 0 Å². The van der Waals surface area contributed by atoms with Crippen molar-refractivity contribution in [1.29, 1.82) is 5.41 Å². The van der Waals surface area contributed by atoms with Gasteiger partial charge in [0, 0.05) is 11.8 Å². The van der Waals surface area contributed by atoms with E-state index in [2.05, 4.69) is 11.9 Å². The lowest BCUT2D eigenvalue weighted by atomic mass is 9.75. The average molecular weight is 193 g/mol. The van der Waals surface area contributed by atoms with Crippen LogP contribution in [0.25, 0.3) is 0 Å². The van der Waals surface area contributed by atoms with E-state index >= 15 is 0 Å². The molecule has 14 heavy (non-hydrogen) atoms. The lowest BCUT2D eigenvalue weighted by Crippen LogP contribution is -2.30. The first-order valence-electron chi connectivity index (χ1n) is 5.62. The molecule has 1 saturated carbocycles. The summed E-state index contributed by atoms with van der Waals surface area (Å²) >= 11 is 0. The Balaban J connectivity index is 2.07. The Bertz CT molecular complexity index is 264. The molecule has 3 heteroatoms. The van der Waals surface area contributed by atoms with E-state index < -0.39 is 0 Å². The van der Waals surface area contributed by atoms with Gasteiger partial charge in [-0.05, 0) is 18.8 Å². The van der Waals surface area contributed by atoms with Crippen LogP contribution in [0.15, 0.2) is 4.99 Å². The molecule has 0 aromatic carbocycles. The Morgan fingerprint density at radius 1 is 1.29 bits per heavy atom. The molecule has 2 rings (SSSR count). The molecule has 2 aliphatic rings. The molecule has 0 bridgehead atoms. The number of nitrogens with zero attached hydrogens (tertiary/aromatic N) is 1. The zero-order valence-electron chi connectivity index (χ0n) is 8.79. The zero-order chi connectivity index (χ0) is 10.1. The molecule has 3 nitrogen and oxygen atoms in total. The first-order chi connectivity index (χ1) is 6.70. The largest absolute Gasteiger partial charge is 0.387 e. The normalized spacial score (nSPS) is 34.6. The summed E-state index contributed by atoms with van der Waals surface area (Å²) in [6, 6.07) is 0. The van der Waals surface area contributed by atoms with Gasteiger partial charge in [0.1, 0.15) is 11.7 Å². The molecular formula is C11H19N3. The van der Waals surface area contributed by atoms with Crippen molar-refractivity contribution >= 4 is 11.7 Å². The van der Waals surface area contributed by atoms with Gasteiger partial charge in [-0.2, -0.15) is 0 Å². The van der Waals surface area contributed by atoms with Crippen LogP contribution in [0.5, 0.6) is 0 Å². The lowest BCUT2D eigenvalue weighted by Gasteiger charge is -2.29. The van der Waals surface area contributed by atoms with E-state index in [0.29, 0.717) is 29.4 Å². The summed E-state index contributed by atoms with van der Waals surface area (Å²) in [5, 5.41) is 7.84. The van der Waals surface area contributed by atoms with E-state index in [0.717, 1.165) is 0 Å². The van der Waals surface area contributed by atoms with Gasteiger partial charge in [0.2, 0.25) is 0 Å². The van der Waals surface area contributed by atoms with E-state index in [1.807, 2.05) is 0 Å². The molecule has 2 atom stereocenters. The van der Waals surface area contributed by atoms with Crippen LogP contribution in [-0.4, -0.2) is 11.7 Å². The second kappa shape index (κ2) is 3.71. The SMILES string of the molecule is CC1C(N)=NC(=N)C1C1CCCCC1. The van der Waals surface area contributed by atoms with E-state index in [1.54, 1.807) is 0 Å². The Kier molecular flexibility index (Phi) is 2.57. The number of nitrogens with two attached hydrogens (primary N) is 1. The van der Waals surface area contributed by atoms with Crippen molar-refractivity contribution in [2.24, 2.45) is 28.5 Å². The predicted molar refractivity (Wildman–Crippen MR) is 58.6 cm³/mol. The molecule has 0 saturated heterocycles. The fourth-order valence-corrected chi connectivity index (χ4v) is 2.86. The second-order valence-corrected chi connectivity index (χ2v) is 4.63. The molecular weight excluding hydrogens is 174 g/mol. The number of amidine groups is 2. The summed E-state index contributed by atoms with van der Waals surface area (Å²) < 4.78 is 0. The summed E-state index contributed by atoms with van der Waals surface area (Å²) in [6.07, 6.45) is 6.53. The third-order valence-corrected chi connectivity index (χ3v) is 3.73. The van der Waals surface area contributed by atoms with Gasteiger partial charge < -0.3 is 5.73 Å². The summed E-state index contributed by atoms with van der Waals surface area (Å²) in [4.78, 5) is 4.10. The van der Waals surface area contributed by atoms with Crippen LogP contribution in [0.2, 0.25) is 0 Å². The first-order valence-corrected chi connectivity index (χ1v) is 5.62. The van der Waals surface area contributed by atoms with Crippen molar-refractivity contribution in [3.05, 3.63) is 0 Å². The van der Waals surface area contributed by atoms with E-state index in [1.165, 1.54) is 32.1 Å². The van der Waals surface area contributed by atoms with Gasteiger partial charge in [0.15, 0.2) is 0 Å². The van der Waals surface area contributed by atoms with E-state index in [9.17, 15) is 0 Å². The molecule has 0 aromatic rings. The van der Waals surface area contributed by atoms with Crippen molar-refractivity contribution in [3.63, 3.8) is 0 Å². The van der Waals surface area contributed by atoms with Crippen LogP contribution < -0.4 is 5.73 Å². The molecule has 0 amide bonds. The average Bonchev–Trinajstić information content (AvgIpc) is 2.43. The highest BCUT2D eigenvalue weighted by atomic mass is 15.0. The van der Waals surface area contributed by atoms with Gasteiger partial charge in [-0.3, -0.25) is 5.41 Å². The van der Waals surface area contributed by atoms with Gasteiger partial charge in [0.05, 0.1) is 0 Å². The highest BCUT2D eigenvalue weighted by Gasteiger charge is 2.37. The summed E-state index contributed by atoms with van der Waals surface area (Å²) in [5.74, 6) is 2.48. The topological polar surface area (TPSA) is 62.2 Å². The minimum Gasteiger partial charge on any atom is -0.387 e. The summed E-state index contributed by atoms with van der Waals surface area (Å²) in [6.45, 7) is 2.11. The molecule has 2 unspecified atom stereocenters. The van der Waals surface area contributed by atoms with Crippen LogP contribution in [-0.2, 0) is 0 Å². The zero-order valence-corrected chi connectivity index (χ0v) is 8.79. The third kappa shape index (κ3) is 1.56. The van der Waals surface area contributed by atoms with Crippen molar-refractivity contribution in [2.45, 2.75) is 39.0 Å². The summed E-state index contributed by atoms with van der Waals surface area (Å²) in [5.41, 5.74) is 5.77. The second-order valence-electron chi connectivity index (χ2n) is 4.63. The minimum absolute atomic E-state index is 0.297. The van der Waals surface area contributed by atoms with Gasteiger partial charge in [-0.15, -0.1) is 0 Å². The number of rotatable bonds is 1. The molecule has 0 radical (unpaired) electrons. The monoisotopic (exact) mass is 193 g/mol. The van der Waals surface area contributed by atoms with Crippen LogP contribution in [0, 0.1) is 23.2 Å². The maximum Gasteiger partial charge on any atom is 0.126 e. The quantitative estimate of drug-likeness (QED) is 0.658. The standard InChI is InChI=1S/C11H19N3/c1-7-9(11(13)14-10(7)12)8-5-3-2-4-6-8/h7-9H,2-6H2,1H3,(H3,12,13,14). The maximum atomic E-state index is 7.84. The first kappa shape index (κ1) is 9.69. The van der Waals surface area contributed by atoms with Gasteiger partial charge in [0.25, 0.3) is 0 Å². The lowest BCUT2D eigenvalue weighted by molar-refractivity contribution is 0.276. The third-order valence-electron chi connectivity index (χ3n) is 3.73. The number of nitrogens with one attached hydrogen (secondary N) is 1. The Labute approximate surface area is 85.3 Å². The van der Waals surface area contributed by atoms with Gasteiger partial charge in [-0.25, -0.2) is 4.99 Å². The van der Waals surface area contributed by atoms with Crippen molar-refractivity contribution in [1.82, 2.24) is 0 Å². The van der Waals surface area contributed by atoms with Gasteiger partial charge in [-0.1, -0.05) is 26.2 Å². The fraction of sp³-hybridized carbons (Fsp3) is 0.818. The van der Waals surface area contributed by atoms with Crippen LogP contribution in [0.3, 0.4) is 0 Å². The molecule has 0 spiro atoms. The van der Waals surface area contributed by atoms with Crippen LogP contribution in [0.1, 0.15) is 39.0 Å². The van der Waals surface area contributed by atoms with Crippen LogP contribution in [0.4, 0.5) is 0 Å². The molecule has 1 heterocycles. The van der Waals surface area contributed by atoms with E-state index in [-0.39, 0.29) is 0 Å². The molecule has 78 valence electrons. The fourth-order valence-electron chi connectivity index (χ4n) is 2.86. The molecule has 1 fully saturated rings. The summed E-state index contributed by atoms with van der Waals surface area (Å²) in [7, 11) is 0. The Morgan fingerprint density at radius 3 is 2.43 bits per heavy atom.